The lowest BCUT2D eigenvalue weighted by Gasteiger charge is -2.37. The number of hydrogen-bond acceptors (Lipinski definition) is 6. The number of rotatable bonds is 16. The highest BCUT2D eigenvalue weighted by molar-refractivity contribution is 4.64. The summed E-state index contributed by atoms with van der Waals surface area (Å²) < 4.78 is 34.0. The van der Waals surface area contributed by atoms with E-state index in [0.29, 0.717) is 39.6 Å². The fraction of sp³-hybridized carbons (Fsp3) is 1.00. The highest BCUT2D eigenvalue weighted by Gasteiger charge is 2.44. The first-order chi connectivity index (χ1) is 10.7. The Bertz CT molecular complexity index is 225. The van der Waals surface area contributed by atoms with Crippen LogP contribution in [0.1, 0.15) is 47.5 Å². The molecule has 22 heavy (non-hydrogen) atoms. The van der Waals surface area contributed by atoms with E-state index in [9.17, 15) is 0 Å². The average molecular weight is 322 g/mol. The van der Waals surface area contributed by atoms with E-state index < -0.39 is 12.3 Å². The minimum absolute atomic E-state index is 0.348. The van der Waals surface area contributed by atoms with E-state index in [2.05, 4.69) is 6.92 Å². The molecule has 6 nitrogen and oxygen atoms in total. The molecule has 0 saturated heterocycles. The second-order valence-corrected chi connectivity index (χ2v) is 4.53. The van der Waals surface area contributed by atoms with Crippen LogP contribution in [0.4, 0.5) is 0 Å². The first-order valence-electron chi connectivity index (χ1n) is 8.43. The SMILES string of the molecule is CCCCOCCOC(OCC)(OCC)C(OCC)OCC. The van der Waals surface area contributed by atoms with Crippen LogP contribution in [-0.2, 0) is 28.4 Å². The molecule has 0 atom stereocenters. The fourth-order valence-electron chi connectivity index (χ4n) is 1.88. The number of unbranched alkanes of at least 4 members (excludes halogenated alkanes) is 1. The summed E-state index contributed by atoms with van der Waals surface area (Å²) >= 11 is 0. The van der Waals surface area contributed by atoms with Gasteiger partial charge < -0.3 is 28.4 Å². The third-order valence-electron chi connectivity index (χ3n) is 2.79. The Morgan fingerprint density at radius 3 is 1.73 bits per heavy atom. The highest BCUT2D eigenvalue weighted by Crippen LogP contribution is 2.24. The Labute approximate surface area is 135 Å². The molecule has 0 saturated carbocycles. The minimum Gasteiger partial charge on any atom is -0.379 e. The van der Waals surface area contributed by atoms with Crippen LogP contribution in [0.25, 0.3) is 0 Å². The number of hydrogen-bond donors (Lipinski definition) is 0. The second-order valence-electron chi connectivity index (χ2n) is 4.53. The van der Waals surface area contributed by atoms with E-state index in [1.807, 2.05) is 27.7 Å². The maximum absolute atomic E-state index is 5.84. The zero-order valence-corrected chi connectivity index (χ0v) is 14.9. The summed E-state index contributed by atoms with van der Waals surface area (Å²) in [5, 5.41) is 0. The van der Waals surface area contributed by atoms with E-state index in [0.717, 1.165) is 19.4 Å². The van der Waals surface area contributed by atoms with Gasteiger partial charge in [-0.1, -0.05) is 13.3 Å². The molecule has 0 spiro atoms. The largest absolute Gasteiger partial charge is 0.379 e. The van der Waals surface area contributed by atoms with Crippen LogP contribution in [0.15, 0.2) is 0 Å². The van der Waals surface area contributed by atoms with Crippen molar-refractivity contribution in [3.63, 3.8) is 0 Å². The van der Waals surface area contributed by atoms with Crippen molar-refractivity contribution >= 4 is 0 Å². The molecule has 0 unspecified atom stereocenters. The topological polar surface area (TPSA) is 55.4 Å². The first kappa shape index (κ1) is 21.8. The molecule has 0 aliphatic rings. The Hall–Kier alpha value is -0.240. The van der Waals surface area contributed by atoms with Crippen LogP contribution in [0.3, 0.4) is 0 Å². The van der Waals surface area contributed by atoms with Crippen molar-refractivity contribution in [3.05, 3.63) is 0 Å². The summed E-state index contributed by atoms with van der Waals surface area (Å²) in [4.78, 5) is 0. The van der Waals surface area contributed by atoms with Gasteiger partial charge in [0.25, 0.3) is 0 Å². The molecular formula is C16H34O6. The predicted molar refractivity (Wildman–Crippen MR) is 84.7 cm³/mol. The van der Waals surface area contributed by atoms with Crippen molar-refractivity contribution in [2.24, 2.45) is 0 Å². The second kappa shape index (κ2) is 14.4. The van der Waals surface area contributed by atoms with Gasteiger partial charge in [0.05, 0.1) is 13.2 Å². The molecule has 0 heterocycles. The van der Waals surface area contributed by atoms with E-state index >= 15 is 0 Å². The molecule has 0 bridgehead atoms. The van der Waals surface area contributed by atoms with Crippen LogP contribution in [0.5, 0.6) is 0 Å². The van der Waals surface area contributed by atoms with Gasteiger partial charge in [0.2, 0.25) is 6.29 Å². The summed E-state index contributed by atoms with van der Waals surface area (Å²) in [6.45, 7) is 13.0. The molecule has 0 aliphatic carbocycles. The van der Waals surface area contributed by atoms with Gasteiger partial charge in [-0.3, -0.25) is 0 Å². The monoisotopic (exact) mass is 322 g/mol. The molecule has 0 amide bonds. The number of ether oxygens (including phenoxy) is 6. The molecule has 0 aromatic rings. The van der Waals surface area contributed by atoms with Crippen molar-refractivity contribution in [1.29, 1.82) is 0 Å². The average Bonchev–Trinajstić information content (AvgIpc) is 2.51. The van der Waals surface area contributed by atoms with Crippen LogP contribution < -0.4 is 0 Å². The molecule has 0 aliphatic heterocycles. The van der Waals surface area contributed by atoms with Crippen molar-refractivity contribution in [2.45, 2.75) is 59.7 Å². The van der Waals surface area contributed by atoms with Gasteiger partial charge in [0.15, 0.2) is 0 Å². The van der Waals surface area contributed by atoms with Crippen molar-refractivity contribution in [1.82, 2.24) is 0 Å². The zero-order valence-electron chi connectivity index (χ0n) is 14.9. The Morgan fingerprint density at radius 1 is 0.682 bits per heavy atom. The molecule has 0 radical (unpaired) electrons. The lowest BCUT2D eigenvalue weighted by molar-refractivity contribution is -0.454. The highest BCUT2D eigenvalue weighted by atomic mass is 16.9. The Kier molecular flexibility index (Phi) is 14.2. The first-order valence-corrected chi connectivity index (χ1v) is 8.43. The van der Waals surface area contributed by atoms with Gasteiger partial charge in [-0.2, -0.15) is 0 Å². The maximum atomic E-state index is 5.84. The third-order valence-corrected chi connectivity index (χ3v) is 2.79. The third kappa shape index (κ3) is 8.41. The summed E-state index contributed by atoms with van der Waals surface area (Å²) in [7, 11) is 0. The molecule has 0 aromatic carbocycles. The lowest BCUT2D eigenvalue weighted by Crippen LogP contribution is -2.53. The van der Waals surface area contributed by atoms with Gasteiger partial charge in [0, 0.05) is 33.0 Å². The standard InChI is InChI=1S/C16H34O6/c1-6-11-12-17-13-14-22-16(20-9-4,21-10-5)15(18-7-2)19-8-3/h15H,6-14H2,1-5H3. The zero-order chi connectivity index (χ0) is 16.7. The molecule has 0 aromatic heterocycles. The van der Waals surface area contributed by atoms with Gasteiger partial charge >= 0.3 is 5.97 Å². The smallest absolute Gasteiger partial charge is 0.337 e. The van der Waals surface area contributed by atoms with E-state index in [4.69, 9.17) is 28.4 Å². The van der Waals surface area contributed by atoms with E-state index in [1.165, 1.54) is 0 Å². The molecule has 134 valence electrons. The molecular weight excluding hydrogens is 288 g/mol. The normalized spacial score (nSPS) is 12.3. The molecule has 6 heteroatoms. The lowest BCUT2D eigenvalue weighted by atomic mass is 10.4. The van der Waals surface area contributed by atoms with Crippen LogP contribution >= 0.6 is 0 Å². The Morgan fingerprint density at radius 2 is 1.27 bits per heavy atom. The van der Waals surface area contributed by atoms with Crippen molar-refractivity contribution < 1.29 is 28.4 Å². The summed E-state index contributed by atoms with van der Waals surface area (Å²) in [5.74, 6) is -1.36. The Balaban J connectivity index is 4.66. The molecule has 0 rings (SSSR count). The van der Waals surface area contributed by atoms with Gasteiger partial charge in [-0.15, -0.1) is 0 Å². The van der Waals surface area contributed by atoms with Crippen molar-refractivity contribution in [2.75, 3.05) is 46.2 Å². The van der Waals surface area contributed by atoms with Crippen LogP contribution in [0, 0.1) is 0 Å². The summed E-state index contributed by atoms with van der Waals surface area (Å²) in [6.07, 6.45) is 1.42. The van der Waals surface area contributed by atoms with E-state index in [1.54, 1.807) is 0 Å². The maximum Gasteiger partial charge on any atom is 0.337 e. The predicted octanol–water partition coefficient (Wildman–Crippen LogP) is 2.95. The minimum atomic E-state index is -1.36. The van der Waals surface area contributed by atoms with E-state index in [-0.39, 0.29) is 0 Å². The van der Waals surface area contributed by atoms with Crippen molar-refractivity contribution in [3.8, 4) is 0 Å². The molecule has 0 fully saturated rings. The van der Waals surface area contributed by atoms with Gasteiger partial charge in [-0.05, 0) is 34.1 Å². The van der Waals surface area contributed by atoms with Gasteiger partial charge in [-0.25, -0.2) is 0 Å². The fourth-order valence-corrected chi connectivity index (χ4v) is 1.88. The van der Waals surface area contributed by atoms with Crippen LogP contribution in [-0.4, -0.2) is 58.5 Å². The quantitative estimate of drug-likeness (QED) is 0.322. The van der Waals surface area contributed by atoms with Gasteiger partial charge in [0.1, 0.15) is 0 Å². The van der Waals surface area contributed by atoms with Crippen LogP contribution in [0.2, 0.25) is 0 Å². The molecule has 0 N–H and O–H groups in total. The summed E-state index contributed by atoms with van der Waals surface area (Å²) in [6, 6.07) is 0. The summed E-state index contributed by atoms with van der Waals surface area (Å²) in [5.41, 5.74) is 0.